The van der Waals surface area contributed by atoms with Gasteiger partial charge in [-0.25, -0.2) is 0 Å². The summed E-state index contributed by atoms with van der Waals surface area (Å²) in [7, 11) is 1.62. The van der Waals surface area contributed by atoms with Gasteiger partial charge < -0.3 is 19.9 Å². The van der Waals surface area contributed by atoms with Crippen molar-refractivity contribution in [2.75, 3.05) is 20.4 Å². The van der Waals surface area contributed by atoms with Gasteiger partial charge in [0.1, 0.15) is 5.75 Å². The first-order chi connectivity index (χ1) is 7.35. The fourth-order valence-electron chi connectivity index (χ4n) is 1.44. The van der Waals surface area contributed by atoms with E-state index in [1.54, 1.807) is 7.11 Å². The van der Waals surface area contributed by atoms with Crippen LogP contribution in [0.3, 0.4) is 0 Å². The summed E-state index contributed by atoms with van der Waals surface area (Å²) in [4.78, 5) is 0. The van der Waals surface area contributed by atoms with Crippen LogP contribution in [0.2, 0.25) is 0 Å². The zero-order valence-corrected chi connectivity index (χ0v) is 8.53. The number of hydrogen-bond acceptors (Lipinski definition) is 4. The Morgan fingerprint density at radius 1 is 1.40 bits per heavy atom. The van der Waals surface area contributed by atoms with Crippen molar-refractivity contribution in [2.45, 2.75) is 0 Å². The Balaban J connectivity index is 2.39. The first kappa shape index (κ1) is 9.86. The van der Waals surface area contributed by atoms with Crippen LogP contribution in [0.5, 0.6) is 17.2 Å². The van der Waals surface area contributed by atoms with Crippen LogP contribution in [0.4, 0.5) is 0 Å². The molecule has 0 fully saturated rings. The van der Waals surface area contributed by atoms with Crippen LogP contribution in [0.15, 0.2) is 18.2 Å². The highest BCUT2D eigenvalue weighted by molar-refractivity contribution is 5.64. The summed E-state index contributed by atoms with van der Waals surface area (Å²) in [6.07, 6.45) is 3.76. The van der Waals surface area contributed by atoms with Crippen molar-refractivity contribution in [2.24, 2.45) is 5.73 Å². The fraction of sp³-hybridized carbons (Fsp3) is 0.273. The Morgan fingerprint density at radius 3 is 2.80 bits per heavy atom. The van der Waals surface area contributed by atoms with Gasteiger partial charge in [-0.1, -0.05) is 12.2 Å². The van der Waals surface area contributed by atoms with Gasteiger partial charge in [0, 0.05) is 18.2 Å². The van der Waals surface area contributed by atoms with E-state index >= 15 is 0 Å². The lowest BCUT2D eigenvalue weighted by Gasteiger charge is -2.06. The first-order valence-corrected chi connectivity index (χ1v) is 4.69. The number of hydrogen-bond donors (Lipinski definition) is 1. The largest absolute Gasteiger partial charge is 0.496 e. The highest BCUT2D eigenvalue weighted by Crippen LogP contribution is 2.38. The van der Waals surface area contributed by atoms with E-state index in [1.165, 1.54) is 0 Å². The van der Waals surface area contributed by atoms with Crippen molar-refractivity contribution in [1.29, 1.82) is 0 Å². The molecular weight excluding hydrogens is 194 g/mol. The van der Waals surface area contributed by atoms with Gasteiger partial charge in [-0.3, -0.25) is 0 Å². The molecule has 0 amide bonds. The molecule has 1 aromatic rings. The Kier molecular flexibility index (Phi) is 2.78. The molecule has 15 heavy (non-hydrogen) atoms. The van der Waals surface area contributed by atoms with Gasteiger partial charge in [0.05, 0.1) is 7.11 Å². The van der Waals surface area contributed by atoms with Crippen molar-refractivity contribution in [1.82, 2.24) is 0 Å². The number of ether oxygens (including phenoxy) is 3. The third kappa shape index (κ3) is 1.89. The topological polar surface area (TPSA) is 53.7 Å². The van der Waals surface area contributed by atoms with E-state index in [1.807, 2.05) is 24.3 Å². The molecule has 0 bridgehead atoms. The second-order valence-corrected chi connectivity index (χ2v) is 3.09. The normalized spacial score (nSPS) is 13.5. The van der Waals surface area contributed by atoms with Gasteiger partial charge in [0.25, 0.3) is 0 Å². The maximum absolute atomic E-state index is 5.40. The summed E-state index contributed by atoms with van der Waals surface area (Å²) in [5.41, 5.74) is 6.33. The lowest BCUT2D eigenvalue weighted by Crippen LogP contribution is -1.93. The molecule has 4 nitrogen and oxygen atoms in total. The average Bonchev–Trinajstić information content (AvgIpc) is 2.71. The zero-order valence-electron chi connectivity index (χ0n) is 8.53. The van der Waals surface area contributed by atoms with Crippen molar-refractivity contribution in [3.63, 3.8) is 0 Å². The average molecular weight is 207 g/mol. The Bertz CT molecular complexity index is 388. The molecule has 0 saturated carbocycles. The van der Waals surface area contributed by atoms with Crippen molar-refractivity contribution in [3.8, 4) is 17.2 Å². The van der Waals surface area contributed by atoms with E-state index in [2.05, 4.69) is 0 Å². The van der Waals surface area contributed by atoms with E-state index in [0.29, 0.717) is 6.54 Å². The van der Waals surface area contributed by atoms with E-state index in [0.717, 1.165) is 22.8 Å². The van der Waals surface area contributed by atoms with Crippen LogP contribution in [-0.4, -0.2) is 20.4 Å². The molecule has 4 heteroatoms. The molecule has 2 rings (SSSR count). The molecule has 0 aromatic heterocycles. The van der Waals surface area contributed by atoms with Gasteiger partial charge in [-0.05, 0) is 6.07 Å². The minimum atomic E-state index is 0.266. The van der Waals surface area contributed by atoms with E-state index in [-0.39, 0.29) is 6.79 Å². The number of nitrogens with two attached hydrogens (primary N) is 1. The summed E-state index contributed by atoms with van der Waals surface area (Å²) in [5.74, 6) is 2.22. The molecule has 1 heterocycles. The van der Waals surface area contributed by atoms with Crippen molar-refractivity contribution >= 4 is 6.08 Å². The molecule has 80 valence electrons. The van der Waals surface area contributed by atoms with Gasteiger partial charge in [0.15, 0.2) is 11.5 Å². The zero-order chi connectivity index (χ0) is 10.7. The van der Waals surface area contributed by atoms with Crippen LogP contribution in [0, 0.1) is 0 Å². The molecule has 0 atom stereocenters. The second-order valence-electron chi connectivity index (χ2n) is 3.09. The minimum Gasteiger partial charge on any atom is -0.496 e. The molecule has 0 aliphatic carbocycles. The van der Waals surface area contributed by atoms with Crippen molar-refractivity contribution in [3.05, 3.63) is 23.8 Å². The van der Waals surface area contributed by atoms with Crippen LogP contribution in [0.25, 0.3) is 6.08 Å². The molecule has 1 aromatic carbocycles. The van der Waals surface area contributed by atoms with E-state index in [4.69, 9.17) is 19.9 Å². The molecule has 2 N–H and O–H groups in total. The monoisotopic (exact) mass is 207 g/mol. The number of benzene rings is 1. The molecule has 0 saturated heterocycles. The third-order valence-corrected chi connectivity index (χ3v) is 2.16. The molecular formula is C11H13NO3. The quantitative estimate of drug-likeness (QED) is 0.813. The molecule has 0 radical (unpaired) electrons. The summed E-state index contributed by atoms with van der Waals surface area (Å²) < 4.78 is 15.8. The Labute approximate surface area is 88.2 Å². The molecule has 0 spiro atoms. The van der Waals surface area contributed by atoms with Gasteiger partial charge >= 0.3 is 0 Å². The van der Waals surface area contributed by atoms with Crippen LogP contribution in [-0.2, 0) is 0 Å². The molecule has 0 unspecified atom stereocenters. The maximum Gasteiger partial charge on any atom is 0.231 e. The fourth-order valence-corrected chi connectivity index (χ4v) is 1.44. The lowest BCUT2D eigenvalue weighted by molar-refractivity contribution is 0.174. The highest BCUT2D eigenvalue weighted by Gasteiger charge is 2.16. The lowest BCUT2D eigenvalue weighted by atomic mass is 10.1. The Morgan fingerprint density at radius 2 is 2.13 bits per heavy atom. The van der Waals surface area contributed by atoms with Crippen LogP contribution < -0.4 is 19.9 Å². The second kappa shape index (κ2) is 4.23. The summed E-state index contributed by atoms with van der Waals surface area (Å²) in [5, 5.41) is 0. The standard InChI is InChI=1S/C11H13NO3/c1-13-9-6-11-10(14-7-15-11)5-8(9)3-2-4-12/h2-3,5-6H,4,7,12H2,1H3/b3-2+. The maximum atomic E-state index is 5.40. The Hall–Kier alpha value is -1.68. The molecule has 1 aliphatic rings. The highest BCUT2D eigenvalue weighted by atomic mass is 16.7. The number of methoxy groups -OCH3 is 1. The van der Waals surface area contributed by atoms with Crippen molar-refractivity contribution < 1.29 is 14.2 Å². The van der Waals surface area contributed by atoms with E-state index in [9.17, 15) is 0 Å². The predicted molar refractivity (Wildman–Crippen MR) is 57.2 cm³/mol. The summed E-state index contributed by atoms with van der Waals surface area (Å²) >= 11 is 0. The van der Waals surface area contributed by atoms with E-state index < -0.39 is 0 Å². The number of rotatable bonds is 3. The number of fused-ring (bicyclic) bond motifs is 1. The minimum absolute atomic E-state index is 0.266. The smallest absolute Gasteiger partial charge is 0.231 e. The van der Waals surface area contributed by atoms with Crippen LogP contribution in [0.1, 0.15) is 5.56 Å². The van der Waals surface area contributed by atoms with Gasteiger partial charge in [-0.2, -0.15) is 0 Å². The summed E-state index contributed by atoms with van der Waals surface area (Å²) in [6, 6.07) is 3.70. The first-order valence-electron chi connectivity index (χ1n) is 4.69. The van der Waals surface area contributed by atoms with Crippen LogP contribution >= 0.6 is 0 Å². The molecule has 1 aliphatic heterocycles. The summed E-state index contributed by atoms with van der Waals surface area (Å²) in [6.45, 7) is 0.764. The SMILES string of the molecule is COc1cc2c(cc1/C=C/CN)OCO2. The van der Waals surface area contributed by atoms with Gasteiger partial charge in [-0.15, -0.1) is 0 Å². The predicted octanol–water partition coefficient (Wildman–Crippen LogP) is 1.40. The third-order valence-electron chi connectivity index (χ3n) is 2.16. The van der Waals surface area contributed by atoms with Gasteiger partial charge in [0.2, 0.25) is 6.79 Å².